The average Bonchev–Trinajstić information content (AvgIpc) is 3.84. The maximum atomic E-state index is 14.5. The molecule has 0 saturated carbocycles. The third-order valence-corrected chi connectivity index (χ3v) is 11.6. The number of allylic oxidation sites excluding steroid dienone is 4. The molecule has 310 valence electrons. The van der Waals surface area contributed by atoms with Gasteiger partial charge in [0.25, 0.3) is 5.56 Å². The van der Waals surface area contributed by atoms with Crippen molar-refractivity contribution in [1.82, 2.24) is 24.5 Å². The van der Waals surface area contributed by atoms with Gasteiger partial charge in [0.2, 0.25) is 5.88 Å². The number of aryl methyl sites for hydroxylation is 1. The standard InChI is InChI=1S/C43H41F6N5O5/c1-8-26-18(2)28-16-33-35(22(6)55)20(4)30(51-33)14-29-19(3)27(9-10-34(56)59-7)38(52-29)37-39-36(21(5)31(53-39)15-32(26)50-28)40(57)54(41(37)58)17-23-11-24(42(44,45)46)13-25(12-23)43(47,48)49/h11-16,18,26,50,53,55,58H,8-10,17H2,1-7H3. The van der Waals surface area contributed by atoms with Crippen molar-refractivity contribution in [3.8, 4) is 5.88 Å². The molecule has 0 amide bonds. The van der Waals surface area contributed by atoms with Gasteiger partial charge in [0.05, 0.1) is 69.3 Å². The van der Waals surface area contributed by atoms with Crippen molar-refractivity contribution in [1.29, 1.82) is 0 Å². The number of hydrogen-bond donors (Lipinski definition) is 4. The van der Waals surface area contributed by atoms with Crippen LogP contribution in [-0.2, 0) is 28.4 Å². The molecule has 7 rings (SSSR count). The first-order chi connectivity index (χ1) is 27.6. The zero-order chi connectivity index (χ0) is 43.0. The SMILES string of the molecule is CCC1c2cc3[nH]c4c(c5nc(cc6nc(cc([nH]2)C1C)C(=C(C)O)C=6C)C(C)=C5CCC(=O)OC)c(O)n(Cc1cc(C(F)(F)F)cc(C(F)(F)F)c1)c(=O)c4c3C. The molecule has 3 aliphatic rings. The van der Waals surface area contributed by atoms with Crippen molar-refractivity contribution < 1.29 is 46.1 Å². The molecule has 3 aromatic heterocycles. The molecule has 1 aromatic carbocycles. The summed E-state index contributed by atoms with van der Waals surface area (Å²) in [5.74, 6) is -1.35. The van der Waals surface area contributed by atoms with Gasteiger partial charge in [0.1, 0.15) is 0 Å². The molecule has 6 heterocycles. The first-order valence-corrected chi connectivity index (χ1v) is 18.9. The molecule has 10 nitrogen and oxygen atoms in total. The summed E-state index contributed by atoms with van der Waals surface area (Å²) in [5.41, 5.74) is 1.19. The predicted octanol–water partition coefficient (Wildman–Crippen LogP) is 9.51. The number of benzene rings is 1. The number of fused-ring (bicyclic) bond motifs is 8. The lowest BCUT2D eigenvalue weighted by Gasteiger charge is -2.17. The molecule has 0 saturated heterocycles. The number of H-pyrrole nitrogens is 2. The minimum absolute atomic E-state index is 0.00655. The Morgan fingerprint density at radius 2 is 1.56 bits per heavy atom. The van der Waals surface area contributed by atoms with Crippen molar-refractivity contribution in [2.45, 2.75) is 91.5 Å². The number of halogens is 6. The number of aliphatic hydroxyl groups excluding tert-OH is 1. The van der Waals surface area contributed by atoms with E-state index in [2.05, 4.69) is 16.9 Å². The number of esters is 1. The van der Waals surface area contributed by atoms with Gasteiger partial charge in [-0.15, -0.1) is 0 Å². The van der Waals surface area contributed by atoms with Crippen LogP contribution in [0.15, 0.2) is 47.0 Å². The second-order valence-electron chi connectivity index (χ2n) is 15.2. The molecule has 0 aliphatic carbocycles. The minimum Gasteiger partial charge on any atom is -0.512 e. The maximum Gasteiger partial charge on any atom is 0.416 e. The molecule has 0 radical (unpaired) electrons. The zero-order valence-corrected chi connectivity index (χ0v) is 33.2. The number of pyridine rings is 1. The summed E-state index contributed by atoms with van der Waals surface area (Å²) < 4.78 is 89.4. The average molecular weight is 822 g/mol. The molecular weight excluding hydrogens is 780 g/mol. The van der Waals surface area contributed by atoms with Gasteiger partial charge in [-0.1, -0.05) is 13.8 Å². The van der Waals surface area contributed by atoms with Gasteiger partial charge in [0.15, 0.2) is 0 Å². The van der Waals surface area contributed by atoms with E-state index in [1.165, 1.54) is 7.11 Å². The fraction of sp³-hybridized carbons (Fsp3) is 0.349. The lowest BCUT2D eigenvalue weighted by atomic mass is 9.89. The van der Waals surface area contributed by atoms with Crippen LogP contribution in [-0.4, -0.2) is 47.8 Å². The van der Waals surface area contributed by atoms with Gasteiger partial charge < -0.3 is 24.9 Å². The third kappa shape index (κ3) is 7.11. The topological polar surface area (TPSA) is 146 Å². The summed E-state index contributed by atoms with van der Waals surface area (Å²) in [6, 6.07) is 6.44. The van der Waals surface area contributed by atoms with Gasteiger partial charge in [0, 0.05) is 40.7 Å². The molecule has 4 aromatic rings. The Balaban J connectivity index is 1.67. The molecule has 59 heavy (non-hydrogen) atoms. The van der Waals surface area contributed by atoms with Gasteiger partial charge in [-0.05, 0) is 105 Å². The van der Waals surface area contributed by atoms with Crippen molar-refractivity contribution in [3.63, 3.8) is 0 Å². The quantitative estimate of drug-likeness (QED) is 0.0861. The Bertz CT molecular complexity index is 2800. The van der Waals surface area contributed by atoms with Crippen LogP contribution in [0.25, 0.3) is 44.1 Å². The van der Waals surface area contributed by atoms with E-state index in [4.69, 9.17) is 14.7 Å². The molecule has 16 heteroatoms. The molecule has 0 spiro atoms. The number of aliphatic hydroxyl groups is 1. The number of nitrogens with one attached hydrogen (secondary N) is 2. The molecule has 2 atom stereocenters. The lowest BCUT2D eigenvalue weighted by Crippen LogP contribution is -2.22. The van der Waals surface area contributed by atoms with E-state index in [0.29, 0.717) is 68.7 Å². The highest BCUT2D eigenvalue weighted by molar-refractivity contribution is 6.09. The molecule has 3 aliphatic heterocycles. The van der Waals surface area contributed by atoms with Crippen LogP contribution in [0.2, 0.25) is 0 Å². The van der Waals surface area contributed by atoms with Crippen molar-refractivity contribution >= 4 is 50.1 Å². The minimum atomic E-state index is -5.15. The van der Waals surface area contributed by atoms with E-state index in [1.807, 2.05) is 19.1 Å². The van der Waals surface area contributed by atoms with Crippen LogP contribution < -0.4 is 10.9 Å². The highest BCUT2D eigenvalue weighted by Crippen LogP contribution is 2.43. The Labute approximate surface area is 333 Å². The Morgan fingerprint density at radius 1 is 0.898 bits per heavy atom. The van der Waals surface area contributed by atoms with Crippen LogP contribution in [0.1, 0.15) is 116 Å². The summed E-state index contributed by atoms with van der Waals surface area (Å²) in [7, 11) is 1.23. The number of nitrogens with zero attached hydrogens (tertiary/aromatic N) is 3. The number of rotatable bonds is 6. The number of alkyl halides is 6. The summed E-state index contributed by atoms with van der Waals surface area (Å²) in [4.78, 5) is 43.7. The largest absolute Gasteiger partial charge is 0.512 e. The monoisotopic (exact) mass is 821 g/mol. The zero-order valence-electron chi connectivity index (χ0n) is 33.2. The van der Waals surface area contributed by atoms with Crippen LogP contribution in [0, 0.1) is 6.92 Å². The van der Waals surface area contributed by atoms with Gasteiger partial charge >= 0.3 is 18.3 Å². The van der Waals surface area contributed by atoms with Crippen LogP contribution in [0.5, 0.6) is 5.88 Å². The van der Waals surface area contributed by atoms with E-state index < -0.39 is 53.0 Å². The molecule has 4 N–H and O–H groups in total. The van der Waals surface area contributed by atoms with Crippen molar-refractivity contribution in [2.24, 2.45) is 0 Å². The number of ether oxygens (including phenoxy) is 1. The summed E-state index contributed by atoms with van der Waals surface area (Å²) in [5, 5.41) is 23.5. The molecule has 8 bridgehead atoms. The first kappa shape index (κ1) is 41.1. The number of aromatic hydroxyl groups is 1. The van der Waals surface area contributed by atoms with Crippen molar-refractivity contribution in [2.75, 3.05) is 7.11 Å². The number of hydrogen-bond acceptors (Lipinski definition) is 7. The van der Waals surface area contributed by atoms with Crippen LogP contribution >= 0.6 is 0 Å². The highest BCUT2D eigenvalue weighted by atomic mass is 19.4. The van der Waals surface area contributed by atoms with Gasteiger partial charge in [-0.3, -0.25) is 14.2 Å². The lowest BCUT2D eigenvalue weighted by molar-refractivity contribution is -0.143. The second-order valence-corrected chi connectivity index (χ2v) is 15.2. The summed E-state index contributed by atoms with van der Waals surface area (Å²) in [6.45, 7) is 9.97. The van der Waals surface area contributed by atoms with E-state index in [0.717, 1.165) is 16.0 Å². The number of carbonyl (C=O) groups is 1. The third-order valence-electron chi connectivity index (χ3n) is 11.6. The normalized spacial score (nSPS) is 17.5. The summed E-state index contributed by atoms with van der Waals surface area (Å²) >= 11 is 0. The van der Waals surface area contributed by atoms with Crippen LogP contribution in [0.4, 0.5) is 26.3 Å². The Morgan fingerprint density at radius 3 is 2.15 bits per heavy atom. The van der Waals surface area contributed by atoms with Gasteiger partial charge in [-0.25, -0.2) is 9.97 Å². The molecule has 0 fully saturated rings. The van der Waals surface area contributed by atoms with E-state index in [9.17, 15) is 46.1 Å². The maximum absolute atomic E-state index is 14.5. The fourth-order valence-corrected chi connectivity index (χ4v) is 8.41. The molecule has 2 unspecified atom stereocenters. The molecular formula is C43H41F6N5O5. The highest BCUT2D eigenvalue weighted by Gasteiger charge is 2.37. The second kappa shape index (κ2) is 14.6. The fourth-order valence-electron chi connectivity index (χ4n) is 8.41. The Kier molecular flexibility index (Phi) is 10.2. The number of aromatic amines is 2. The Hall–Kier alpha value is -6.06. The number of methoxy groups -OCH3 is 1. The smallest absolute Gasteiger partial charge is 0.416 e. The van der Waals surface area contributed by atoms with Crippen LogP contribution in [0.3, 0.4) is 0 Å². The first-order valence-electron chi connectivity index (χ1n) is 18.9. The van der Waals surface area contributed by atoms with Gasteiger partial charge in [-0.2, -0.15) is 26.3 Å². The van der Waals surface area contributed by atoms with E-state index in [1.54, 1.807) is 33.8 Å². The number of carbonyl (C=O) groups excluding carboxylic acids is 1. The van der Waals surface area contributed by atoms with E-state index >= 15 is 0 Å². The summed E-state index contributed by atoms with van der Waals surface area (Å²) in [6.07, 6.45) is -9.69. The number of aromatic nitrogens is 5. The predicted molar refractivity (Wildman–Crippen MR) is 211 cm³/mol. The van der Waals surface area contributed by atoms with E-state index in [-0.39, 0.29) is 58.5 Å². The van der Waals surface area contributed by atoms with Crippen molar-refractivity contribution in [3.05, 3.63) is 109 Å².